The molecule has 1 amide bonds. The van der Waals surface area contributed by atoms with Gasteiger partial charge in [0.2, 0.25) is 5.91 Å². The Balaban J connectivity index is 1.92. The number of carbonyl (C=O) groups is 1. The summed E-state index contributed by atoms with van der Waals surface area (Å²) >= 11 is 5.98. The van der Waals surface area contributed by atoms with Gasteiger partial charge in [0.15, 0.2) is 0 Å². The second-order valence-electron chi connectivity index (χ2n) is 5.99. The van der Waals surface area contributed by atoms with Crippen LogP contribution >= 0.6 is 11.6 Å². The van der Waals surface area contributed by atoms with Gasteiger partial charge in [0.1, 0.15) is 5.82 Å². The number of hydrogen-bond donors (Lipinski definition) is 1. The number of halogens is 2. The number of nitrogens with one attached hydrogen (secondary N) is 1. The molecule has 0 aliphatic rings. The van der Waals surface area contributed by atoms with Crippen molar-refractivity contribution in [1.29, 1.82) is 0 Å². The van der Waals surface area contributed by atoms with Crippen LogP contribution in [-0.2, 0) is 4.79 Å². The van der Waals surface area contributed by atoms with Crippen molar-refractivity contribution in [2.24, 2.45) is 0 Å². The summed E-state index contributed by atoms with van der Waals surface area (Å²) in [5, 5.41) is 3.62. The van der Waals surface area contributed by atoms with E-state index in [9.17, 15) is 9.18 Å². The molecule has 3 nitrogen and oxygen atoms in total. The summed E-state index contributed by atoms with van der Waals surface area (Å²) in [6, 6.07) is 13.7. The van der Waals surface area contributed by atoms with Crippen LogP contribution in [0.4, 0.5) is 4.39 Å². The SMILES string of the molecule is CC(NC(=O)CN(C)C(C)c1ccc(F)cc1)c1cccc(Cl)c1. The Kier molecular flexibility index (Phi) is 6.35. The molecule has 0 fully saturated rings. The molecule has 1 N–H and O–H groups in total. The molecule has 0 bridgehead atoms. The highest BCUT2D eigenvalue weighted by molar-refractivity contribution is 6.30. The molecule has 5 heteroatoms. The van der Waals surface area contributed by atoms with Crippen molar-refractivity contribution in [3.05, 3.63) is 70.5 Å². The summed E-state index contributed by atoms with van der Waals surface area (Å²) in [4.78, 5) is 14.2. The first-order valence-corrected chi connectivity index (χ1v) is 8.25. The van der Waals surface area contributed by atoms with Crippen molar-refractivity contribution in [1.82, 2.24) is 10.2 Å². The van der Waals surface area contributed by atoms with Gasteiger partial charge in [0, 0.05) is 11.1 Å². The second kappa shape index (κ2) is 8.27. The van der Waals surface area contributed by atoms with Crippen LogP contribution in [0.1, 0.15) is 37.1 Å². The van der Waals surface area contributed by atoms with Crippen LogP contribution < -0.4 is 5.32 Å². The van der Waals surface area contributed by atoms with Crippen LogP contribution in [-0.4, -0.2) is 24.4 Å². The lowest BCUT2D eigenvalue weighted by Gasteiger charge is -2.25. The Bertz CT molecular complexity index is 690. The van der Waals surface area contributed by atoms with Crippen molar-refractivity contribution in [2.45, 2.75) is 25.9 Å². The Labute approximate surface area is 147 Å². The van der Waals surface area contributed by atoms with E-state index in [2.05, 4.69) is 5.32 Å². The number of rotatable bonds is 6. The third-order valence-electron chi connectivity index (χ3n) is 4.13. The first-order chi connectivity index (χ1) is 11.4. The van der Waals surface area contributed by atoms with E-state index in [1.165, 1.54) is 12.1 Å². The largest absolute Gasteiger partial charge is 0.348 e. The molecule has 0 saturated heterocycles. The molecule has 24 heavy (non-hydrogen) atoms. The average molecular weight is 349 g/mol. The van der Waals surface area contributed by atoms with Gasteiger partial charge in [0.25, 0.3) is 0 Å². The molecule has 0 heterocycles. The minimum Gasteiger partial charge on any atom is -0.348 e. The second-order valence-corrected chi connectivity index (χ2v) is 6.42. The molecule has 128 valence electrons. The maximum atomic E-state index is 13.0. The fourth-order valence-electron chi connectivity index (χ4n) is 2.51. The van der Waals surface area contributed by atoms with Crippen LogP contribution in [0.15, 0.2) is 48.5 Å². The molecule has 0 saturated carbocycles. The molecule has 2 atom stereocenters. The minimum absolute atomic E-state index is 0.0119. The van der Waals surface area contributed by atoms with Gasteiger partial charge in [-0.25, -0.2) is 4.39 Å². The Hall–Kier alpha value is -1.91. The number of hydrogen-bond acceptors (Lipinski definition) is 2. The van der Waals surface area contributed by atoms with Gasteiger partial charge in [-0.3, -0.25) is 9.69 Å². The molecule has 0 radical (unpaired) electrons. The maximum Gasteiger partial charge on any atom is 0.234 e. The summed E-state index contributed by atoms with van der Waals surface area (Å²) in [6.45, 7) is 4.16. The molecule has 2 unspecified atom stereocenters. The number of amides is 1. The van der Waals surface area contributed by atoms with Crippen LogP contribution in [0.5, 0.6) is 0 Å². The third-order valence-corrected chi connectivity index (χ3v) is 4.37. The predicted molar refractivity (Wildman–Crippen MR) is 95.5 cm³/mol. The standard InChI is InChI=1S/C19H22ClFN2O/c1-13(16-5-4-6-17(20)11-16)22-19(24)12-23(3)14(2)15-7-9-18(21)10-8-15/h4-11,13-14H,12H2,1-3H3,(H,22,24). The lowest BCUT2D eigenvalue weighted by atomic mass is 10.1. The summed E-state index contributed by atoms with van der Waals surface area (Å²) < 4.78 is 13.0. The zero-order valence-electron chi connectivity index (χ0n) is 14.1. The summed E-state index contributed by atoms with van der Waals surface area (Å²) in [5.41, 5.74) is 1.93. The van der Waals surface area contributed by atoms with Crippen LogP contribution in [0.3, 0.4) is 0 Å². The summed E-state index contributed by atoms with van der Waals surface area (Å²) in [7, 11) is 1.87. The molecule has 2 rings (SSSR count). The summed E-state index contributed by atoms with van der Waals surface area (Å²) in [5.74, 6) is -0.333. The monoisotopic (exact) mass is 348 g/mol. The molecule has 2 aromatic rings. The van der Waals surface area contributed by atoms with Crippen molar-refractivity contribution < 1.29 is 9.18 Å². The lowest BCUT2D eigenvalue weighted by Crippen LogP contribution is -2.37. The van der Waals surface area contributed by atoms with Gasteiger partial charge in [-0.05, 0) is 56.3 Å². The van der Waals surface area contributed by atoms with E-state index in [0.29, 0.717) is 5.02 Å². The van der Waals surface area contributed by atoms with E-state index in [-0.39, 0.29) is 30.4 Å². The molecular weight excluding hydrogens is 327 g/mol. The first-order valence-electron chi connectivity index (χ1n) is 7.87. The van der Waals surface area contributed by atoms with E-state index >= 15 is 0 Å². The van der Waals surface area contributed by atoms with Gasteiger partial charge in [-0.15, -0.1) is 0 Å². The first kappa shape index (κ1) is 18.4. The third kappa shape index (κ3) is 5.05. The van der Waals surface area contributed by atoms with Crippen molar-refractivity contribution in [2.75, 3.05) is 13.6 Å². The smallest absolute Gasteiger partial charge is 0.234 e. The Morgan fingerprint density at radius 3 is 2.46 bits per heavy atom. The highest BCUT2D eigenvalue weighted by Crippen LogP contribution is 2.20. The quantitative estimate of drug-likeness (QED) is 0.841. The topological polar surface area (TPSA) is 32.3 Å². The molecule has 0 spiro atoms. The van der Waals surface area contributed by atoms with Gasteiger partial charge < -0.3 is 5.32 Å². The van der Waals surface area contributed by atoms with Gasteiger partial charge >= 0.3 is 0 Å². The highest BCUT2D eigenvalue weighted by Gasteiger charge is 2.16. The van der Waals surface area contributed by atoms with Gasteiger partial charge in [-0.2, -0.15) is 0 Å². The molecular formula is C19H22ClFN2O. The molecule has 0 aliphatic heterocycles. The van der Waals surface area contributed by atoms with E-state index < -0.39 is 0 Å². The van der Waals surface area contributed by atoms with Gasteiger partial charge in [0.05, 0.1) is 12.6 Å². The molecule has 0 aliphatic carbocycles. The number of benzene rings is 2. The lowest BCUT2D eigenvalue weighted by molar-refractivity contribution is -0.123. The number of likely N-dealkylation sites (N-methyl/N-ethyl adjacent to an activating group) is 1. The van der Waals surface area contributed by atoms with Crippen LogP contribution in [0, 0.1) is 5.82 Å². The molecule has 2 aromatic carbocycles. The maximum absolute atomic E-state index is 13.0. The van der Waals surface area contributed by atoms with E-state index in [1.807, 2.05) is 44.0 Å². The number of nitrogens with zero attached hydrogens (tertiary/aromatic N) is 1. The fourth-order valence-corrected chi connectivity index (χ4v) is 2.70. The highest BCUT2D eigenvalue weighted by atomic mass is 35.5. The zero-order valence-corrected chi connectivity index (χ0v) is 14.8. The molecule has 0 aromatic heterocycles. The normalized spacial score (nSPS) is 13.6. The van der Waals surface area contributed by atoms with Crippen LogP contribution in [0.2, 0.25) is 5.02 Å². The predicted octanol–water partition coefficient (Wildman–Crippen LogP) is 4.35. The fraction of sp³-hybridized carbons (Fsp3) is 0.316. The Morgan fingerprint density at radius 2 is 1.83 bits per heavy atom. The van der Waals surface area contributed by atoms with Gasteiger partial charge in [-0.1, -0.05) is 35.9 Å². The van der Waals surface area contributed by atoms with Crippen LogP contribution in [0.25, 0.3) is 0 Å². The summed E-state index contributed by atoms with van der Waals surface area (Å²) in [6.07, 6.45) is 0. The zero-order chi connectivity index (χ0) is 17.7. The van der Waals surface area contributed by atoms with E-state index in [4.69, 9.17) is 11.6 Å². The van der Waals surface area contributed by atoms with Crippen molar-refractivity contribution >= 4 is 17.5 Å². The van der Waals surface area contributed by atoms with E-state index in [1.54, 1.807) is 18.2 Å². The van der Waals surface area contributed by atoms with E-state index in [0.717, 1.165) is 11.1 Å². The van der Waals surface area contributed by atoms with Crippen molar-refractivity contribution in [3.8, 4) is 0 Å². The van der Waals surface area contributed by atoms with Crippen molar-refractivity contribution in [3.63, 3.8) is 0 Å². The number of carbonyl (C=O) groups excluding carboxylic acids is 1. The minimum atomic E-state index is -0.262. The Morgan fingerprint density at radius 1 is 1.17 bits per heavy atom. The average Bonchev–Trinajstić information content (AvgIpc) is 2.54.